The predicted octanol–water partition coefficient (Wildman–Crippen LogP) is 4.24. The van der Waals surface area contributed by atoms with E-state index in [9.17, 15) is 4.79 Å². The number of benzene rings is 2. The van der Waals surface area contributed by atoms with E-state index in [0.29, 0.717) is 5.56 Å². The average molecular weight is 397 g/mol. The van der Waals surface area contributed by atoms with E-state index >= 15 is 0 Å². The van der Waals surface area contributed by atoms with E-state index in [4.69, 9.17) is 0 Å². The SMILES string of the molecule is Cc1cc(C)cc(-n2ncc3c2CCCC3NC(=O)c2ccc3nccnc3c2)c1. The Bertz CT molecular complexity index is 1240. The van der Waals surface area contributed by atoms with Crippen molar-refractivity contribution < 1.29 is 4.79 Å². The molecule has 0 aliphatic heterocycles. The van der Waals surface area contributed by atoms with E-state index in [1.807, 2.05) is 16.9 Å². The molecule has 1 aliphatic carbocycles. The summed E-state index contributed by atoms with van der Waals surface area (Å²) in [5.41, 5.74) is 7.89. The minimum atomic E-state index is -0.0976. The van der Waals surface area contributed by atoms with Crippen molar-refractivity contribution in [2.24, 2.45) is 0 Å². The number of carbonyl (C=O) groups is 1. The minimum Gasteiger partial charge on any atom is -0.345 e. The molecule has 6 heteroatoms. The summed E-state index contributed by atoms with van der Waals surface area (Å²) in [6.45, 7) is 4.20. The molecule has 2 aromatic carbocycles. The first-order chi connectivity index (χ1) is 14.6. The molecule has 2 heterocycles. The summed E-state index contributed by atoms with van der Waals surface area (Å²) in [4.78, 5) is 21.5. The smallest absolute Gasteiger partial charge is 0.251 e. The molecule has 1 amide bonds. The lowest BCUT2D eigenvalue weighted by Gasteiger charge is -2.24. The van der Waals surface area contributed by atoms with Crippen LogP contribution in [-0.2, 0) is 6.42 Å². The molecule has 30 heavy (non-hydrogen) atoms. The maximum atomic E-state index is 12.9. The highest BCUT2D eigenvalue weighted by Gasteiger charge is 2.26. The van der Waals surface area contributed by atoms with Gasteiger partial charge >= 0.3 is 0 Å². The fraction of sp³-hybridized carbons (Fsp3) is 0.250. The number of hydrogen-bond acceptors (Lipinski definition) is 4. The zero-order valence-electron chi connectivity index (χ0n) is 17.1. The third kappa shape index (κ3) is 3.34. The largest absolute Gasteiger partial charge is 0.345 e. The second-order valence-corrected chi connectivity index (χ2v) is 7.98. The fourth-order valence-electron chi connectivity index (χ4n) is 4.35. The second-order valence-electron chi connectivity index (χ2n) is 7.98. The van der Waals surface area contributed by atoms with E-state index in [1.54, 1.807) is 24.5 Å². The summed E-state index contributed by atoms with van der Waals surface area (Å²) in [5, 5.41) is 7.87. The summed E-state index contributed by atoms with van der Waals surface area (Å²) in [6.07, 6.45) is 8.07. The Morgan fingerprint density at radius 2 is 1.80 bits per heavy atom. The first kappa shape index (κ1) is 18.5. The van der Waals surface area contributed by atoms with E-state index in [0.717, 1.165) is 41.5 Å². The zero-order chi connectivity index (χ0) is 20.7. The molecule has 0 spiro atoms. The zero-order valence-corrected chi connectivity index (χ0v) is 17.1. The monoisotopic (exact) mass is 397 g/mol. The van der Waals surface area contributed by atoms with Gasteiger partial charge in [-0.2, -0.15) is 5.10 Å². The van der Waals surface area contributed by atoms with Crippen molar-refractivity contribution in [1.29, 1.82) is 0 Å². The van der Waals surface area contributed by atoms with Crippen LogP contribution in [0.1, 0.15) is 51.6 Å². The maximum Gasteiger partial charge on any atom is 0.251 e. The van der Waals surface area contributed by atoms with E-state index in [1.165, 1.54) is 16.8 Å². The van der Waals surface area contributed by atoms with Crippen molar-refractivity contribution >= 4 is 16.9 Å². The molecular weight excluding hydrogens is 374 g/mol. The number of aryl methyl sites for hydroxylation is 2. The summed E-state index contributed by atoms with van der Waals surface area (Å²) < 4.78 is 2.03. The number of nitrogens with zero attached hydrogens (tertiary/aromatic N) is 4. The molecule has 0 saturated heterocycles. The molecule has 0 saturated carbocycles. The molecule has 2 aromatic heterocycles. The molecule has 1 unspecified atom stereocenters. The van der Waals surface area contributed by atoms with E-state index in [-0.39, 0.29) is 11.9 Å². The Morgan fingerprint density at radius 3 is 2.60 bits per heavy atom. The van der Waals surface area contributed by atoms with Crippen LogP contribution in [0.15, 0.2) is 55.0 Å². The highest BCUT2D eigenvalue weighted by Crippen LogP contribution is 2.31. The number of amides is 1. The number of aromatic nitrogens is 4. The van der Waals surface area contributed by atoms with Gasteiger partial charge in [-0.3, -0.25) is 14.8 Å². The highest BCUT2D eigenvalue weighted by molar-refractivity contribution is 5.97. The number of hydrogen-bond donors (Lipinski definition) is 1. The van der Waals surface area contributed by atoms with Gasteiger partial charge in [-0.05, 0) is 74.6 Å². The Morgan fingerprint density at radius 1 is 1.03 bits per heavy atom. The first-order valence-corrected chi connectivity index (χ1v) is 10.3. The first-order valence-electron chi connectivity index (χ1n) is 10.3. The van der Waals surface area contributed by atoms with Gasteiger partial charge in [0, 0.05) is 29.2 Å². The van der Waals surface area contributed by atoms with Crippen LogP contribution in [-0.4, -0.2) is 25.7 Å². The average Bonchev–Trinajstić information content (AvgIpc) is 3.18. The van der Waals surface area contributed by atoms with Gasteiger partial charge < -0.3 is 5.32 Å². The Hall–Kier alpha value is -3.54. The quantitative estimate of drug-likeness (QED) is 0.561. The predicted molar refractivity (Wildman–Crippen MR) is 116 cm³/mol. The Labute approximate surface area is 175 Å². The molecule has 4 aromatic rings. The topological polar surface area (TPSA) is 72.7 Å². The van der Waals surface area contributed by atoms with Crippen LogP contribution in [0.4, 0.5) is 0 Å². The molecule has 1 N–H and O–H groups in total. The van der Waals surface area contributed by atoms with E-state index < -0.39 is 0 Å². The van der Waals surface area contributed by atoms with E-state index in [2.05, 4.69) is 52.4 Å². The molecule has 0 fully saturated rings. The van der Waals surface area contributed by atoms with Crippen molar-refractivity contribution in [1.82, 2.24) is 25.1 Å². The van der Waals surface area contributed by atoms with Crippen LogP contribution in [0.2, 0.25) is 0 Å². The molecule has 0 bridgehead atoms. The van der Waals surface area contributed by atoms with Crippen molar-refractivity contribution in [2.45, 2.75) is 39.2 Å². The summed E-state index contributed by atoms with van der Waals surface area (Å²) in [5.74, 6) is -0.0976. The fourth-order valence-corrected chi connectivity index (χ4v) is 4.35. The number of carbonyl (C=O) groups excluding carboxylic acids is 1. The summed E-state index contributed by atoms with van der Waals surface area (Å²) >= 11 is 0. The van der Waals surface area contributed by atoms with Crippen LogP contribution >= 0.6 is 0 Å². The van der Waals surface area contributed by atoms with Crippen molar-refractivity contribution in [2.75, 3.05) is 0 Å². The maximum absolute atomic E-state index is 12.9. The molecule has 5 rings (SSSR count). The molecule has 1 aliphatic rings. The van der Waals surface area contributed by atoms with Gasteiger partial charge in [-0.1, -0.05) is 6.07 Å². The molecule has 0 radical (unpaired) electrons. The lowest BCUT2D eigenvalue weighted by atomic mass is 9.92. The normalized spacial score (nSPS) is 15.7. The van der Waals surface area contributed by atoms with Gasteiger partial charge in [0.05, 0.1) is 29.0 Å². The third-order valence-electron chi connectivity index (χ3n) is 5.67. The third-order valence-corrected chi connectivity index (χ3v) is 5.67. The standard InChI is InChI=1S/C24H23N5O/c1-15-10-16(2)12-18(11-15)29-23-5-3-4-20(19(23)14-27-29)28-24(30)17-6-7-21-22(13-17)26-9-8-25-21/h6-14,20H,3-5H2,1-2H3,(H,28,30). The van der Waals surface area contributed by atoms with Gasteiger partial charge in [-0.25, -0.2) is 4.68 Å². The number of fused-ring (bicyclic) bond motifs is 2. The van der Waals surface area contributed by atoms with Crippen LogP contribution < -0.4 is 5.32 Å². The second kappa shape index (κ2) is 7.37. The van der Waals surface area contributed by atoms with Crippen LogP contribution in [0, 0.1) is 13.8 Å². The molecular formula is C24H23N5O. The Balaban J connectivity index is 1.43. The lowest BCUT2D eigenvalue weighted by molar-refractivity contribution is 0.0933. The summed E-state index contributed by atoms with van der Waals surface area (Å²) in [6, 6.07) is 11.9. The number of rotatable bonds is 3. The lowest BCUT2D eigenvalue weighted by Crippen LogP contribution is -2.31. The minimum absolute atomic E-state index is 0.0431. The molecule has 6 nitrogen and oxygen atoms in total. The van der Waals surface area contributed by atoms with Crippen molar-refractivity contribution in [3.8, 4) is 5.69 Å². The Kier molecular flexibility index (Phi) is 4.54. The number of nitrogens with one attached hydrogen (secondary N) is 1. The molecule has 1 atom stereocenters. The van der Waals surface area contributed by atoms with Crippen LogP contribution in [0.3, 0.4) is 0 Å². The van der Waals surface area contributed by atoms with Gasteiger partial charge in [0.15, 0.2) is 0 Å². The summed E-state index contributed by atoms with van der Waals surface area (Å²) in [7, 11) is 0. The van der Waals surface area contributed by atoms with Crippen molar-refractivity contribution in [3.05, 3.63) is 82.9 Å². The van der Waals surface area contributed by atoms with Crippen LogP contribution in [0.5, 0.6) is 0 Å². The van der Waals surface area contributed by atoms with Gasteiger partial charge in [0.25, 0.3) is 5.91 Å². The molecule has 150 valence electrons. The highest BCUT2D eigenvalue weighted by atomic mass is 16.1. The van der Waals surface area contributed by atoms with Crippen LogP contribution in [0.25, 0.3) is 16.7 Å². The van der Waals surface area contributed by atoms with Gasteiger partial charge in [0.2, 0.25) is 0 Å². The van der Waals surface area contributed by atoms with Crippen molar-refractivity contribution in [3.63, 3.8) is 0 Å². The van der Waals surface area contributed by atoms with Gasteiger partial charge in [0.1, 0.15) is 0 Å². The van der Waals surface area contributed by atoms with Gasteiger partial charge in [-0.15, -0.1) is 0 Å².